The lowest BCUT2D eigenvalue weighted by atomic mass is 10.2. The van der Waals surface area contributed by atoms with Gasteiger partial charge in [-0.15, -0.1) is 0 Å². The normalized spacial score (nSPS) is 10.3. The van der Waals surface area contributed by atoms with Gasteiger partial charge < -0.3 is 15.5 Å². The minimum Gasteiger partial charge on any atom is -0.508 e. The summed E-state index contributed by atoms with van der Waals surface area (Å²) in [6.45, 7) is 0.368. The van der Waals surface area contributed by atoms with Crippen molar-refractivity contribution < 1.29 is 10.2 Å². The van der Waals surface area contributed by atoms with Gasteiger partial charge >= 0.3 is 0 Å². The van der Waals surface area contributed by atoms with Crippen LogP contribution in [0.1, 0.15) is 5.56 Å². The molecule has 0 radical (unpaired) electrons. The maximum absolute atomic E-state index is 9.68. The molecule has 2 aromatic carbocycles. The zero-order chi connectivity index (χ0) is 13.1. The van der Waals surface area contributed by atoms with Gasteiger partial charge in [-0.25, -0.2) is 0 Å². The molecule has 0 saturated carbocycles. The maximum atomic E-state index is 9.68. The van der Waals surface area contributed by atoms with Crippen molar-refractivity contribution in [1.29, 1.82) is 0 Å². The van der Waals surface area contributed by atoms with Gasteiger partial charge in [0.2, 0.25) is 0 Å². The van der Waals surface area contributed by atoms with E-state index in [1.54, 1.807) is 30.3 Å². The second-order valence-electron chi connectivity index (χ2n) is 3.76. The van der Waals surface area contributed by atoms with Gasteiger partial charge in [-0.1, -0.05) is 29.3 Å². The fourth-order valence-corrected chi connectivity index (χ4v) is 1.95. The Hall–Kier alpha value is -1.58. The van der Waals surface area contributed by atoms with E-state index in [-0.39, 0.29) is 16.5 Å². The smallest absolute Gasteiger partial charge is 0.134 e. The number of phenols is 2. The Kier molecular flexibility index (Phi) is 3.84. The van der Waals surface area contributed by atoms with Gasteiger partial charge in [-0.05, 0) is 30.3 Å². The topological polar surface area (TPSA) is 52.5 Å². The third-order valence-electron chi connectivity index (χ3n) is 2.51. The fraction of sp³-hybridized carbons (Fsp3) is 0.0769. The van der Waals surface area contributed by atoms with Crippen LogP contribution in [0, 0.1) is 0 Å². The molecular weight excluding hydrogens is 273 g/mol. The van der Waals surface area contributed by atoms with E-state index in [0.717, 1.165) is 5.69 Å². The number of nitrogens with one attached hydrogen (secondary N) is 1. The van der Waals surface area contributed by atoms with Gasteiger partial charge in [-0.2, -0.15) is 0 Å². The molecule has 0 atom stereocenters. The van der Waals surface area contributed by atoms with Gasteiger partial charge in [0.25, 0.3) is 0 Å². The molecule has 0 amide bonds. The van der Waals surface area contributed by atoms with Crippen LogP contribution in [0.2, 0.25) is 10.0 Å². The fourth-order valence-electron chi connectivity index (χ4n) is 1.53. The Morgan fingerprint density at radius 1 is 0.944 bits per heavy atom. The average molecular weight is 284 g/mol. The molecule has 0 aliphatic heterocycles. The molecule has 2 aromatic rings. The van der Waals surface area contributed by atoms with E-state index >= 15 is 0 Å². The average Bonchev–Trinajstić information content (AvgIpc) is 2.33. The van der Waals surface area contributed by atoms with E-state index in [0.29, 0.717) is 17.1 Å². The molecule has 0 heterocycles. The molecule has 0 fully saturated rings. The molecule has 2 rings (SSSR count). The van der Waals surface area contributed by atoms with Gasteiger partial charge in [0.1, 0.15) is 11.5 Å². The quantitative estimate of drug-likeness (QED) is 0.746. The summed E-state index contributed by atoms with van der Waals surface area (Å²) in [5, 5.41) is 22.8. The number of halogens is 2. The Morgan fingerprint density at radius 2 is 1.72 bits per heavy atom. The summed E-state index contributed by atoms with van der Waals surface area (Å²) in [6, 6.07) is 9.75. The van der Waals surface area contributed by atoms with Crippen molar-refractivity contribution in [2.75, 3.05) is 5.32 Å². The maximum Gasteiger partial charge on any atom is 0.134 e. The van der Waals surface area contributed by atoms with Crippen molar-refractivity contribution in [3.8, 4) is 11.5 Å². The van der Waals surface area contributed by atoms with Gasteiger partial charge in [0.15, 0.2) is 0 Å². The molecule has 0 spiro atoms. The van der Waals surface area contributed by atoms with Crippen LogP contribution in [-0.2, 0) is 6.54 Å². The number of hydrogen-bond donors (Lipinski definition) is 3. The van der Waals surface area contributed by atoms with Crippen molar-refractivity contribution in [2.24, 2.45) is 0 Å². The van der Waals surface area contributed by atoms with Crippen LogP contribution in [0.4, 0.5) is 5.69 Å². The highest BCUT2D eigenvalue weighted by atomic mass is 35.5. The molecular formula is C13H11Cl2NO2. The van der Waals surface area contributed by atoms with Crippen molar-refractivity contribution in [3.63, 3.8) is 0 Å². The van der Waals surface area contributed by atoms with Crippen LogP contribution >= 0.6 is 23.2 Å². The predicted octanol–water partition coefficient (Wildman–Crippen LogP) is 4.02. The zero-order valence-electron chi connectivity index (χ0n) is 9.32. The highest BCUT2D eigenvalue weighted by Crippen LogP contribution is 2.29. The summed E-state index contributed by atoms with van der Waals surface area (Å²) >= 11 is 11.8. The number of anilines is 1. The van der Waals surface area contributed by atoms with Crippen LogP contribution < -0.4 is 5.32 Å². The number of aromatic hydroxyl groups is 2. The summed E-state index contributed by atoms with van der Waals surface area (Å²) in [4.78, 5) is 0. The first kappa shape index (κ1) is 12.9. The number of hydrogen-bond acceptors (Lipinski definition) is 3. The molecule has 18 heavy (non-hydrogen) atoms. The molecule has 0 saturated heterocycles. The van der Waals surface area contributed by atoms with Crippen LogP contribution in [0.25, 0.3) is 0 Å². The van der Waals surface area contributed by atoms with Crippen molar-refractivity contribution in [3.05, 3.63) is 52.0 Å². The molecule has 5 heteroatoms. The second kappa shape index (κ2) is 5.38. The van der Waals surface area contributed by atoms with E-state index < -0.39 is 0 Å². The van der Waals surface area contributed by atoms with Gasteiger partial charge in [0, 0.05) is 22.8 Å². The third-order valence-corrected chi connectivity index (χ3v) is 3.17. The lowest BCUT2D eigenvalue weighted by Crippen LogP contribution is -2.00. The Labute approximate surface area is 115 Å². The van der Waals surface area contributed by atoms with E-state index in [9.17, 15) is 10.2 Å². The van der Waals surface area contributed by atoms with Gasteiger partial charge in [0.05, 0.1) is 5.02 Å². The summed E-state index contributed by atoms with van der Waals surface area (Å²) in [7, 11) is 0. The lowest BCUT2D eigenvalue weighted by Gasteiger charge is -2.10. The van der Waals surface area contributed by atoms with Gasteiger partial charge in [-0.3, -0.25) is 0 Å². The highest BCUT2D eigenvalue weighted by Gasteiger charge is 2.06. The molecule has 3 nitrogen and oxygen atoms in total. The summed E-state index contributed by atoms with van der Waals surface area (Å²) < 4.78 is 0. The van der Waals surface area contributed by atoms with Crippen LogP contribution in [0.15, 0.2) is 36.4 Å². The first-order valence-corrected chi connectivity index (χ1v) is 6.02. The molecule has 0 aromatic heterocycles. The number of benzene rings is 2. The lowest BCUT2D eigenvalue weighted by molar-refractivity contribution is 0.469. The first-order chi connectivity index (χ1) is 8.58. The Morgan fingerprint density at radius 3 is 2.39 bits per heavy atom. The van der Waals surface area contributed by atoms with Crippen LogP contribution in [0.3, 0.4) is 0 Å². The Bertz CT molecular complexity index is 553. The minimum atomic E-state index is 0.0304. The van der Waals surface area contributed by atoms with Crippen molar-refractivity contribution >= 4 is 28.9 Å². The zero-order valence-corrected chi connectivity index (χ0v) is 10.8. The predicted molar refractivity (Wildman–Crippen MR) is 73.6 cm³/mol. The monoisotopic (exact) mass is 283 g/mol. The highest BCUT2D eigenvalue weighted by molar-refractivity contribution is 6.32. The number of phenolic OH excluding ortho intramolecular Hbond substituents is 2. The van der Waals surface area contributed by atoms with E-state index in [1.165, 1.54) is 6.07 Å². The van der Waals surface area contributed by atoms with Crippen molar-refractivity contribution in [1.82, 2.24) is 0 Å². The molecule has 0 aliphatic carbocycles. The molecule has 0 aliphatic rings. The molecule has 94 valence electrons. The van der Waals surface area contributed by atoms with E-state index in [2.05, 4.69) is 5.32 Å². The van der Waals surface area contributed by atoms with E-state index in [1.807, 2.05) is 0 Å². The summed E-state index contributed by atoms with van der Waals surface area (Å²) in [5.74, 6) is 0.169. The third kappa shape index (κ3) is 2.81. The Balaban J connectivity index is 2.14. The summed E-state index contributed by atoms with van der Waals surface area (Å²) in [5.41, 5.74) is 1.35. The summed E-state index contributed by atoms with van der Waals surface area (Å²) in [6.07, 6.45) is 0. The van der Waals surface area contributed by atoms with Crippen LogP contribution in [0.5, 0.6) is 11.5 Å². The second-order valence-corrected chi connectivity index (χ2v) is 4.57. The molecule has 0 unspecified atom stereocenters. The molecule has 3 N–H and O–H groups in total. The minimum absolute atomic E-state index is 0.0304. The van der Waals surface area contributed by atoms with Crippen molar-refractivity contribution in [2.45, 2.75) is 6.54 Å². The largest absolute Gasteiger partial charge is 0.508 e. The first-order valence-electron chi connectivity index (χ1n) is 5.26. The standard InChI is InChI=1S/C13H11Cl2NO2/c14-10-2-1-3-12(17)9(10)7-16-8-4-5-13(18)11(15)6-8/h1-6,16-18H,7H2. The SMILES string of the molecule is Oc1ccc(NCc2c(O)cccc2Cl)cc1Cl. The van der Waals surface area contributed by atoms with E-state index in [4.69, 9.17) is 23.2 Å². The number of rotatable bonds is 3. The molecule has 0 bridgehead atoms. The van der Waals surface area contributed by atoms with Crippen LogP contribution in [-0.4, -0.2) is 10.2 Å².